The Morgan fingerprint density at radius 3 is 2.55 bits per heavy atom. The number of aryl methyl sites for hydroxylation is 1. The fraction of sp³-hybridized carbons (Fsp3) is 0.333. The fourth-order valence-electron chi connectivity index (χ4n) is 2.01. The summed E-state index contributed by atoms with van der Waals surface area (Å²) in [4.78, 5) is 8.56. The molecule has 1 N–H and O–H groups in total. The highest BCUT2D eigenvalue weighted by Gasteiger charge is 2.14. The van der Waals surface area contributed by atoms with Gasteiger partial charge in [0.2, 0.25) is 0 Å². The average molecular weight is 277 g/mol. The Hall–Kier alpha value is -1.88. The Balaban J connectivity index is 2.20. The first kappa shape index (κ1) is 14.5. The van der Waals surface area contributed by atoms with Crippen molar-refractivity contribution >= 4 is 0 Å². The fourth-order valence-corrected chi connectivity index (χ4v) is 2.01. The first-order valence-corrected chi connectivity index (χ1v) is 6.56. The number of hydrogen-bond acceptors (Lipinski definition) is 3. The summed E-state index contributed by atoms with van der Waals surface area (Å²) in [5.74, 6) is -1.66. The van der Waals surface area contributed by atoms with E-state index in [9.17, 15) is 8.78 Å². The minimum Gasteiger partial charge on any atom is -0.309 e. The van der Waals surface area contributed by atoms with Gasteiger partial charge in [0.1, 0.15) is 0 Å². The van der Waals surface area contributed by atoms with Gasteiger partial charge >= 0.3 is 0 Å². The van der Waals surface area contributed by atoms with Crippen LogP contribution in [0.1, 0.15) is 29.9 Å². The van der Waals surface area contributed by atoms with Gasteiger partial charge in [-0.05, 0) is 37.6 Å². The number of hydrogen-bond donors (Lipinski definition) is 1. The summed E-state index contributed by atoms with van der Waals surface area (Å²) in [7, 11) is 0. The highest BCUT2D eigenvalue weighted by Crippen LogP contribution is 2.18. The molecule has 2 rings (SSSR count). The predicted octanol–water partition coefficient (Wildman–Crippen LogP) is 2.96. The minimum atomic E-state index is -0.830. The Labute approximate surface area is 117 Å². The summed E-state index contributed by atoms with van der Waals surface area (Å²) < 4.78 is 26.2. The molecule has 1 heterocycles. The maximum absolute atomic E-state index is 13.2. The van der Waals surface area contributed by atoms with Gasteiger partial charge in [0.15, 0.2) is 11.6 Å². The molecule has 20 heavy (non-hydrogen) atoms. The summed E-state index contributed by atoms with van der Waals surface area (Å²) in [5.41, 5.74) is 2.36. The van der Waals surface area contributed by atoms with E-state index in [0.717, 1.165) is 29.6 Å². The normalized spacial score (nSPS) is 12.4. The van der Waals surface area contributed by atoms with Gasteiger partial charge in [-0.15, -0.1) is 0 Å². The van der Waals surface area contributed by atoms with Crippen molar-refractivity contribution in [3.05, 3.63) is 59.2 Å². The Morgan fingerprint density at radius 2 is 1.95 bits per heavy atom. The van der Waals surface area contributed by atoms with Crippen LogP contribution in [0.5, 0.6) is 0 Å². The number of halogens is 2. The SMILES string of the molecule is CCNC(Cc1ccc(F)c(F)c1)c1cnc(C)cn1. The van der Waals surface area contributed by atoms with Gasteiger partial charge in [-0.1, -0.05) is 13.0 Å². The molecule has 0 saturated carbocycles. The van der Waals surface area contributed by atoms with Crippen molar-refractivity contribution < 1.29 is 8.78 Å². The van der Waals surface area contributed by atoms with Crippen molar-refractivity contribution in [1.82, 2.24) is 15.3 Å². The summed E-state index contributed by atoms with van der Waals surface area (Å²) in [5, 5.41) is 3.28. The first-order valence-electron chi connectivity index (χ1n) is 6.56. The Kier molecular flexibility index (Phi) is 4.74. The summed E-state index contributed by atoms with van der Waals surface area (Å²) in [6, 6.07) is 3.89. The molecular weight excluding hydrogens is 260 g/mol. The van der Waals surface area contributed by atoms with Crippen molar-refractivity contribution in [3.63, 3.8) is 0 Å². The number of benzene rings is 1. The zero-order valence-corrected chi connectivity index (χ0v) is 11.5. The lowest BCUT2D eigenvalue weighted by atomic mass is 10.0. The van der Waals surface area contributed by atoms with E-state index in [1.165, 1.54) is 6.07 Å². The molecule has 0 saturated heterocycles. The lowest BCUT2D eigenvalue weighted by molar-refractivity contribution is 0.500. The van der Waals surface area contributed by atoms with Crippen LogP contribution in [0.3, 0.4) is 0 Å². The molecule has 1 unspecified atom stereocenters. The van der Waals surface area contributed by atoms with Crippen LogP contribution in [0.2, 0.25) is 0 Å². The van der Waals surface area contributed by atoms with Crippen LogP contribution >= 0.6 is 0 Å². The number of nitrogens with one attached hydrogen (secondary N) is 1. The zero-order chi connectivity index (χ0) is 14.5. The molecule has 1 aromatic carbocycles. The topological polar surface area (TPSA) is 37.8 Å². The second-order valence-corrected chi connectivity index (χ2v) is 4.65. The number of aromatic nitrogens is 2. The van der Waals surface area contributed by atoms with Crippen molar-refractivity contribution in [2.45, 2.75) is 26.3 Å². The van der Waals surface area contributed by atoms with Crippen molar-refractivity contribution in [2.75, 3.05) is 6.54 Å². The maximum Gasteiger partial charge on any atom is 0.159 e. The van der Waals surface area contributed by atoms with Crippen LogP contribution in [-0.2, 0) is 6.42 Å². The van der Waals surface area contributed by atoms with Crippen LogP contribution in [0.15, 0.2) is 30.6 Å². The van der Waals surface area contributed by atoms with E-state index >= 15 is 0 Å². The second kappa shape index (κ2) is 6.52. The van der Waals surface area contributed by atoms with Crippen LogP contribution in [0.4, 0.5) is 8.78 Å². The number of likely N-dealkylation sites (N-methyl/N-ethyl adjacent to an activating group) is 1. The third kappa shape index (κ3) is 3.57. The van der Waals surface area contributed by atoms with Gasteiger partial charge in [-0.3, -0.25) is 9.97 Å². The van der Waals surface area contributed by atoms with Crippen LogP contribution in [-0.4, -0.2) is 16.5 Å². The molecule has 0 fully saturated rings. The zero-order valence-electron chi connectivity index (χ0n) is 11.5. The second-order valence-electron chi connectivity index (χ2n) is 4.65. The quantitative estimate of drug-likeness (QED) is 0.913. The molecule has 0 amide bonds. The van der Waals surface area contributed by atoms with Crippen molar-refractivity contribution in [2.24, 2.45) is 0 Å². The van der Waals surface area contributed by atoms with Crippen molar-refractivity contribution in [1.29, 1.82) is 0 Å². The molecule has 106 valence electrons. The predicted molar refractivity (Wildman–Crippen MR) is 73.2 cm³/mol. The molecule has 1 aromatic heterocycles. The highest BCUT2D eigenvalue weighted by atomic mass is 19.2. The minimum absolute atomic E-state index is 0.0713. The number of nitrogens with zero attached hydrogens (tertiary/aromatic N) is 2. The molecule has 0 radical (unpaired) electrons. The molecule has 2 aromatic rings. The molecule has 0 spiro atoms. The molecular formula is C15H17F2N3. The molecule has 0 aliphatic heterocycles. The average Bonchev–Trinajstić information content (AvgIpc) is 2.43. The maximum atomic E-state index is 13.2. The van der Waals surface area contributed by atoms with E-state index in [0.29, 0.717) is 6.42 Å². The number of rotatable bonds is 5. The van der Waals surface area contributed by atoms with E-state index < -0.39 is 11.6 Å². The van der Waals surface area contributed by atoms with E-state index in [1.54, 1.807) is 18.5 Å². The Bertz CT molecular complexity index is 570. The van der Waals surface area contributed by atoms with Gasteiger partial charge in [-0.25, -0.2) is 8.78 Å². The molecule has 0 aliphatic rings. The van der Waals surface area contributed by atoms with Gasteiger partial charge in [-0.2, -0.15) is 0 Å². The lowest BCUT2D eigenvalue weighted by Crippen LogP contribution is -2.24. The van der Waals surface area contributed by atoms with Crippen LogP contribution in [0, 0.1) is 18.6 Å². The highest BCUT2D eigenvalue weighted by molar-refractivity contribution is 5.21. The lowest BCUT2D eigenvalue weighted by Gasteiger charge is -2.17. The van der Waals surface area contributed by atoms with Gasteiger partial charge < -0.3 is 5.32 Å². The van der Waals surface area contributed by atoms with E-state index in [1.807, 2.05) is 13.8 Å². The third-order valence-corrected chi connectivity index (χ3v) is 3.03. The summed E-state index contributed by atoms with van der Waals surface area (Å²) in [6.45, 7) is 4.61. The largest absolute Gasteiger partial charge is 0.309 e. The summed E-state index contributed by atoms with van der Waals surface area (Å²) >= 11 is 0. The van der Waals surface area contributed by atoms with Crippen LogP contribution < -0.4 is 5.32 Å². The van der Waals surface area contributed by atoms with Gasteiger partial charge in [0, 0.05) is 6.20 Å². The third-order valence-electron chi connectivity index (χ3n) is 3.03. The summed E-state index contributed by atoms with van der Waals surface area (Å²) in [6.07, 6.45) is 3.94. The van der Waals surface area contributed by atoms with E-state index in [4.69, 9.17) is 0 Å². The van der Waals surface area contributed by atoms with E-state index in [2.05, 4.69) is 15.3 Å². The van der Waals surface area contributed by atoms with Gasteiger partial charge in [0.25, 0.3) is 0 Å². The molecule has 3 nitrogen and oxygen atoms in total. The van der Waals surface area contributed by atoms with Gasteiger partial charge in [0.05, 0.1) is 23.6 Å². The molecule has 0 bridgehead atoms. The first-order chi connectivity index (χ1) is 9.60. The Morgan fingerprint density at radius 1 is 1.15 bits per heavy atom. The van der Waals surface area contributed by atoms with E-state index in [-0.39, 0.29) is 6.04 Å². The monoisotopic (exact) mass is 277 g/mol. The molecule has 5 heteroatoms. The van der Waals surface area contributed by atoms with Crippen LogP contribution in [0.25, 0.3) is 0 Å². The van der Waals surface area contributed by atoms with Crippen molar-refractivity contribution in [3.8, 4) is 0 Å². The standard InChI is InChI=1S/C15H17F2N3/c1-3-18-14(15-9-19-10(2)8-20-15)7-11-4-5-12(16)13(17)6-11/h4-6,8-9,14,18H,3,7H2,1-2H3. The smallest absolute Gasteiger partial charge is 0.159 e. The molecule has 1 atom stereocenters. The molecule has 0 aliphatic carbocycles.